The first kappa shape index (κ1) is 30.0. The van der Waals surface area contributed by atoms with Gasteiger partial charge in [-0.3, -0.25) is 9.89 Å². The monoisotopic (exact) mass is 592 g/mol. The molecule has 2 aromatic carbocycles. The molecule has 2 aromatic heterocycles. The van der Waals surface area contributed by atoms with Gasteiger partial charge in [0.25, 0.3) is 0 Å². The van der Waals surface area contributed by atoms with Crippen LogP contribution in [-0.4, -0.2) is 52.9 Å². The summed E-state index contributed by atoms with van der Waals surface area (Å²) in [6.07, 6.45) is 2.92. The minimum absolute atomic E-state index is 0.0220. The van der Waals surface area contributed by atoms with Crippen LogP contribution in [0, 0.1) is 11.4 Å². The number of fused-ring (bicyclic) bond motifs is 1. The molecule has 4 aromatic rings. The van der Waals surface area contributed by atoms with Gasteiger partial charge in [-0.05, 0) is 72.2 Å². The lowest BCUT2D eigenvalue weighted by molar-refractivity contribution is -0.124. The second-order valence-electron chi connectivity index (χ2n) is 11.1. The molecule has 0 saturated heterocycles. The Balaban J connectivity index is 1.43. The number of amides is 1. The molecular formula is C33H32F4N4O2. The molecule has 10 heteroatoms. The molecule has 6 nitrogen and oxygen atoms in total. The van der Waals surface area contributed by atoms with Gasteiger partial charge < -0.3 is 9.64 Å². The van der Waals surface area contributed by atoms with E-state index in [2.05, 4.69) is 15.2 Å². The van der Waals surface area contributed by atoms with Crippen molar-refractivity contribution < 1.29 is 27.1 Å². The fourth-order valence-electron chi connectivity index (χ4n) is 5.03. The minimum Gasteiger partial charge on any atom is -0.477 e. The molecule has 1 aliphatic rings. The number of alkyl halides is 3. The van der Waals surface area contributed by atoms with Crippen LogP contribution in [0.25, 0.3) is 22.0 Å². The summed E-state index contributed by atoms with van der Waals surface area (Å²) in [6, 6.07) is 16.4. The molecule has 1 saturated carbocycles. The maximum absolute atomic E-state index is 14.4. The van der Waals surface area contributed by atoms with Gasteiger partial charge in [0.1, 0.15) is 0 Å². The lowest BCUT2D eigenvalue weighted by Crippen LogP contribution is -2.18. The normalized spacial score (nSPS) is 15.0. The molecule has 1 amide bonds. The number of carbonyl (C=O) groups is 1. The number of likely N-dealkylation sites (N-methyl/N-ethyl adjacent to an activating group) is 1. The summed E-state index contributed by atoms with van der Waals surface area (Å²) in [6.45, 7) is 0.456. The van der Waals surface area contributed by atoms with Gasteiger partial charge in [0.05, 0.1) is 23.9 Å². The van der Waals surface area contributed by atoms with Crippen molar-refractivity contribution in [2.75, 3.05) is 20.7 Å². The minimum atomic E-state index is -4.49. The molecule has 0 atom stereocenters. The molecule has 0 radical (unpaired) electrons. The van der Waals surface area contributed by atoms with Crippen LogP contribution in [0.3, 0.4) is 0 Å². The van der Waals surface area contributed by atoms with Crippen molar-refractivity contribution in [3.63, 3.8) is 0 Å². The summed E-state index contributed by atoms with van der Waals surface area (Å²) in [5.41, 5.74) is 1.98. The SMILES string of the molecule is CN(C)C(=O)/C=C/CCC1(COc2ccc(/C(=C(/CC(F)(F)F)c3ccccc3)c3ccc4n[nH]c(F)c4c3)cn2)CC1. The first-order valence-electron chi connectivity index (χ1n) is 14.0. The highest BCUT2D eigenvalue weighted by Crippen LogP contribution is 2.50. The number of hydrogen-bond donors (Lipinski definition) is 1. The number of ether oxygens (including phenoxy) is 1. The first-order chi connectivity index (χ1) is 20.5. The lowest BCUT2D eigenvalue weighted by atomic mass is 9.88. The number of carbonyl (C=O) groups excluding carboxylic acids is 1. The molecule has 224 valence electrons. The largest absolute Gasteiger partial charge is 0.477 e. The zero-order valence-electron chi connectivity index (χ0n) is 23.9. The average Bonchev–Trinajstić information content (AvgIpc) is 3.67. The van der Waals surface area contributed by atoms with Gasteiger partial charge in [-0.15, -0.1) is 0 Å². The van der Waals surface area contributed by atoms with E-state index in [4.69, 9.17) is 4.74 Å². The van der Waals surface area contributed by atoms with Crippen LogP contribution >= 0.6 is 0 Å². The zero-order valence-corrected chi connectivity index (χ0v) is 23.9. The summed E-state index contributed by atoms with van der Waals surface area (Å²) < 4.78 is 62.3. The van der Waals surface area contributed by atoms with Crippen molar-refractivity contribution in [2.24, 2.45) is 5.41 Å². The van der Waals surface area contributed by atoms with E-state index < -0.39 is 18.5 Å². The van der Waals surface area contributed by atoms with Crippen molar-refractivity contribution in [1.29, 1.82) is 0 Å². The fraction of sp³-hybridized carbons (Fsp3) is 0.303. The number of pyridine rings is 1. The molecule has 5 rings (SSSR count). The number of allylic oxidation sites excluding steroid dienone is 2. The number of aromatic nitrogens is 3. The molecule has 0 bridgehead atoms. The molecule has 1 N–H and O–H groups in total. The van der Waals surface area contributed by atoms with Gasteiger partial charge in [-0.1, -0.05) is 42.5 Å². The number of nitrogens with one attached hydrogen (secondary N) is 1. The van der Waals surface area contributed by atoms with Crippen molar-refractivity contribution >= 4 is 28.0 Å². The van der Waals surface area contributed by atoms with Crippen molar-refractivity contribution in [1.82, 2.24) is 20.1 Å². The van der Waals surface area contributed by atoms with E-state index in [9.17, 15) is 22.4 Å². The Labute approximate surface area is 247 Å². The maximum Gasteiger partial charge on any atom is 0.393 e. The third-order valence-corrected chi connectivity index (χ3v) is 7.65. The number of nitrogens with zero attached hydrogens (tertiary/aromatic N) is 3. The Hall–Kier alpha value is -4.47. The van der Waals surface area contributed by atoms with Crippen molar-refractivity contribution in [3.05, 3.63) is 102 Å². The third kappa shape index (κ3) is 7.49. The highest BCUT2D eigenvalue weighted by atomic mass is 19.4. The Morgan fingerprint density at radius 1 is 1.05 bits per heavy atom. The smallest absolute Gasteiger partial charge is 0.393 e. The van der Waals surface area contributed by atoms with Gasteiger partial charge in [0.2, 0.25) is 17.7 Å². The van der Waals surface area contributed by atoms with Gasteiger partial charge in [0, 0.05) is 37.3 Å². The Kier molecular flexibility index (Phi) is 8.66. The Morgan fingerprint density at radius 3 is 2.44 bits per heavy atom. The summed E-state index contributed by atoms with van der Waals surface area (Å²) in [5, 5.41) is 6.37. The van der Waals surface area contributed by atoms with Gasteiger partial charge in [0.15, 0.2) is 0 Å². The highest BCUT2D eigenvalue weighted by molar-refractivity contribution is 6.00. The van der Waals surface area contributed by atoms with E-state index in [1.165, 1.54) is 17.2 Å². The van der Waals surface area contributed by atoms with E-state index in [-0.39, 0.29) is 22.3 Å². The molecule has 0 spiro atoms. The summed E-state index contributed by atoms with van der Waals surface area (Å²) in [7, 11) is 3.41. The third-order valence-electron chi connectivity index (χ3n) is 7.65. The number of aromatic amines is 1. The summed E-state index contributed by atoms with van der Waals surface area (Å²) in [5.74, 6) is -0.357. The van der Waals surface area contributed by atoms with E-state index in [1.807, 2.05) is 6.08 Å². The van der Waals surface area contributed by atoms with Crippen LogP contribution in [0.5, 0.6) is 5.88 Å². The van der Waals surface area contributed by atoms with Crippen LogP contribution in [0.2, 0.25) is 0 Å². The second kappa shape index (κ2) is 12.4. The van der Waals surface area contributed by atoms with Crippen LogP contribution < -0.4 is 4.74 Å². The van der Waals surface area contributed by atoms with Crippen LogP contribution in [0.1, 0.15) is 48.8 Å². The molecule has 2 heterocycles. The number of halogens is 4. The molecular weight excluding hydrogens is 560 g/mol. The standard InChI is InChI=1S/C33H32F4N4O2/c1-41(2)29(42)10-6-7-15-32(16-17-32)21-43-28-14-12-24(20-38-28)30(23-11-13-27-25(18-23)31(34)40-39-27)26(19-33(35,36)37)22-8-4-3-5-9-22/h3-6,8-14,18,20H,7,15-17,19,21H2,1-2H3,(H,39,40)/b10-6+,30-26-. The molecule has 1 fully saturated rings. The summed E-state index contributed by atoms with van der Waals surface area (Å²) in [4.78, 5) is 17.7. The molecule has 43 heavy (non-hydrogen) atoms. The zero-order chi connectivity index (χ0) is 30.6. The average molecular weight is 593 g/mol. The number of rotatable bonds is 11. The van der Waals surface area contributed by atoms with Gasteiger partial charge in [-0.2, -0.15) is 22.7 Å². The lowest BCUT2D eigenvalue weighted by Gasteiger charge is -2.19. The summed E-state index contributed by atoms with van der Waals surface area (Å²) >= 11 is 0. The molecule has 0 unspecified atom stereocenters. The predicted molar refractivity (Wildman–Crippen MR) is 158 cm³/mol. The van der Waals surface area contributed by atoms with Crippen LogP contribution in [-0.2, 0) is 4.79 Å². The second-order valence-corrected chi connectivity index (χ2v) is 11.1. The predicted octanol–water partition coefficient (Wildman–Crippen LogP) is 7.59. The van der Waals surface area contributed by atoms with E-state index in [0.29, 0.717) is 40.3 Å². The van der Waals surface area contributed by atoms with E-state index in [1.54, 1.807) is 74.8 Å². The van der Waals surface area contributed by atoms with Gasteiger partial charge in [-0.25, -0.2) is 4.98 Å². The molecule has 0 aliphatic heterocycles. The fourth-order valence-corrected chi connectivity index (χ4v) is 5.03. The highest BCUT2D eigenvalue weighted by Gasteiger charge is 2.42. The number of benzene rings is 2. The topological polar surface area (TPSA) is 71.1 Å². The van der Waals surface area contributed by atoms with Crippen molar-refractivity contribution in [2.45, 2.75) is 38.3 Å². The van der Waals surface area contributed by atoms with E-state index >= 15 is 0 Å². The number of H-pyrrole nitrogens is 1. The van der Waals surface area contributed by atoms with E-state index in [0.717, 1.165) is 25.7 Å². The van der Waals surface area contributed by atoms with Crippen molar-refractivity contribution in [3.8, 4) is 5.88 Å². The number of hydrogen-bond acceptors (Lipinski definition) is 4. The Bertz CT molecular complexity index is 1640. The Morgan fingerprint density at radius 2 is 1.79 bits per heavy atom. The van der Waals surface area contributed by atoms with Gasteiger partial charge >= 0.3 is 6.18 Å². The first-order valence-corrected chi connectivity index (χ1v) is 14.0. The quantitative estimate of drug-likeness (QED) is 0.111. The van der Waals surface area contributed by atoms with Crippen LogP contribution in [0.4, 0.5) is 17.6 Å². The maximum atomic E-state index is 14.4. The molecule has 1 aliphatic carbocycles. The van der Waals surface area contributed by atoms with Crippen LogP contribution in [0.15, 0.2) is 79.0 Å².